The molecule has 0 bridgehead atoms. The molecular weight excluding hydrogens is 458 g/mol. The summed E-state index contributed by atoms with van der Waals surface area (Å²) in [7, 11) is 3.14. The van der Waals surface area contributed by atoms with Crippen LogP contribution in [-0.2, 0) is 4.79 Å². The highest BCUT2D eigenvalue weighted by atomic mass is 79.9. The number of carboxylic acids is 1. The minimum atomic E-state index is -0.811. The molecule has 0 fully saturated rings. The van der Waals surface area contributed by atoms with Gasteiger partial charge in [-0.3, -0.25) is 4.79 Å². The second kappa shape index (κ2) is 12.8. The molecule has 0 aliphatic rings. The number of halogens is 1. The number of carbonyl (C=O) groups is 1. The molecule has 164 valence electrons. The molecule has 31 heavy (non-hydrogen) atoms. The third-order valence-corrected chi connectivity index (χ3v) is 5.70. The van der Waals surface area contributed by atoms with Gasteiger partial charge in [0.25, 0.3) is 0 Å². The van der Waals surface area contributed by atoms with Gasteiger partial charge in [-0.1, -0.05) is 65.5 Å². The van der Waals surface area contributed by atoms with Crippen LogP contribution < -0.4 is 9.47 Å². The van der Waals surface area contributed by atoms with Crippen molar-refractivity contribution in [3.63, 3.8) is 0 Å². The number of alkyl halides is 1. The van der Waals surface area contributed by atoms with Gasteiger partial charge >= 0.3 is 5.97 Å². The highest BCUT2D eigenvalue weighted by molar-refractivity contribution is 9.09. The van der Waals surface area contributed by atoms with Crippen LogP contribution in [-0.4, -0.2) is 30.6 Å². The van der Waals surface area contributed by atoms with Crippen molar-refractivity contribution in [2.24, 2.45) is 0 Å². The topological polar surface area (TPSA) is 79.5 Å². The van der Waals surface area contributed by atoms with E-state index < -0.39 is 11.9 Å². The maximum absolute atomic E-state index is 11.8. The lowest BCUT2D eigenvalue weighted by molar-refractivity contribution is -0.139. The van der Waals surface area contributed by atoms with Crippen molar-refractivity contribution in [3.8, 4) is 17.6 Å². The standard InChI is InChI=1S/C25H28BrNO4/c1-30-23-13-8-18(16-24(23)31-2)15-21(17-27)19-9-11-20(12-10-19)22(25(28)29)7-5-3-4-6-14-26/h8-13,15-16,22H,3-7,14H2,1-2H3,(H,28,29)/b21-15+. The Bertz CT molecular complexity index is 932. The van der Waals surface area contributed by atoms with Gasteiger partial charge in [0.1, 0.15) is 0 Å². The minimum absolute atomic E-state index is 0.486. The van der Waals surface area contributed by atoms with Crippen LogP contribution >= 0.6 is 15.9 Å². The number of hydrogen-bond acceptors (Lipinski definition) is 4. The Kier molecular flexibility index (Phi) is 10.1. The van der Waals surface area contributed by atoms with E-state index in [1.807, 2.05) is 30.3 Å². The lowest BCUT2D eigenvalue weighted by atomic mass is 9.91. The lowest BCUT2D eigenvalue weighted by Crippen LogP contribution is -2.11. The molecule has 0 amide bonds. The molecule has 1 atom stereocenters. The van der Waals surface area contributed by atoms with Crippen LogP contribution in [0.4, 0.5) is 0 Å². The van der Waals surface area contributed by atoms with Crippen LogP contribution in [0.1, 0.15) is 54.7 Å². The molecule has 0 saturated heterocycles. The van der Waals surface area contributed by atoms with E-state index in [-0.39, 0.29) is 0 Å². The maximum atomic E-state index is 11.8. The van der Waals surface area contributed by atoms with E-state index in [0.717, 1.165) is 47.7 Å². The van der Waals surface area contributed by atoms with E-state index in [0.29, 0.717) is 23.5 Å². The van der Waals surface area contributed by atoms with E-state index in [9.17, 15) is 15.2 Å². The Morgan fingerprint density at radius 3 is 2.32 bits per heavy atom. The van der Waals surface area contributed by atoms with E-state index in [2.05, 4.69) is 22.0 Å². The van der Waals surface area contributed by atoms with Crippen LogP contribution in [0.15, 0.2) is 42.5 Å². The fourth-order valence-corrected chi connectivity index (χ4v) is 3.81. The van der Waals surface area contributed by atoms with Crippen molar-refractivity contribution in [1.82, 2.24) is 0 Å². The van der Waals surface area contributed by atoms with Crippen LogP contribution in [0.5, 0.6) is 11.5 Å². The number of benzene rings is 2. The van der Waals surface area contributed by atoms with E-state index in [4.69, 9.17) is 9.47 Å². The number of nitriles is 1. The van der Waals surface area contributed by atoms with Crippen LogP contribution in [0.3, 0.4) is 0 Å². The molecule has 0 spiro atoms. The fraction of sp³-hybridized carbons (Fsp3) is 0.360. The number of allylic oxidation sites excluding steroid dienone is 1. The number of ether oxygens (including phenoxy) is 2. The van der Waals surface area contributed by atoms with Gasteiger partial charge in [0.2, 0.25) is 0 Å². The van der Waals surface area contributed by atoms with Crippen molar-refractivity contribution >= 4 is 33.5 Å². The molecule has 0 aliphatic carbocycles. The zero-order valence-corrected chi connectivity index (χ0v) is 19.5. The van der Waals surface area contributed by atoms with Crippen molar-refractivity contribution in [2.75, 3.05) is 19.5 Å². The molecule has 0 radical (unpaired) electrons. The molecule has 2 rings (SSSR count). The molecule has 0 aliphatic heterocycles. The Balaban J connectivity index is 2.18. The quantitative estimate of drug-likeness (QED) is 0.165. The summed E-state index contributed by atoms with van der Waals surface area (Å²) >= 11 is 3.42. The SMILES string of the molecule is COc1ccc(/C=C(\C#N)c2ccc(C(CCCCCCBr)C(=O)O)cc2)cc1OC. The summed E-state index contributed by atoms with van der Waals surface area (Å²) < 4.78 is 10.6. The maximum Gasteiger partial charge on any atom is 0.310 e. The molecule has 6 heteroatoms. The van der Waals surface area contributed by atoms with Gasteiger partial charge in [-0.15, -0.1) is 0 Å². The molecule has 1 N–H and O–H groups in total. The average Bonchev–Trinajstić information content (AvgIpc) is 2.79. The van der Waals surface area contributed by atoms with Crippen molar-refractivity contribution < 1.29 is 19.4 Å². The number of hydrogen-bond donors (Lipinski definition) is 1. The van der Waals surface area contributed by atoms with Gasteiger partial charge in [-0.2, -0.15) is 5.26 Å². The zero-order valence-electron chi connectivity index (χ0n) is 17.9. The van der Waals surface area contributed by atoms with E-state index in [1.54, 1.807) is 32.4 Å². The second-order valence-corrected chi connectivity index (χ2v) is 7.98. The predicted molar refractivity (Wildman–Crippen MR) is 127 cm³/mol. The third-order valence-electron chi connectivity index (χ3n) is 5.14. The first kappa shape index (κ1) is 24.5. The molecule has 2 aromatic carbocycles. The number of methoxy groups -OCH3 is 2. The lowest BCUT2D eigenvalue weighted by Gasteiger charge is -2.13. The summed E-state index contributed by atoms with van der Waals surface area (Å²) in [5, 5.41) is 20.3. The normalized spacial score (nSPS) is 12.1. The molecule has 5 nitrogen and oxygen atoms in total. The van der Waals surface area contributed by atoms with Crippen molar-refractivity contribution in [3.05, 3.63) is 59.2 Å². The first-order valence-electron chi connectivity index (χ1n) is 10.3. The zero-order chi connectivity index (χ0) is 22.6. The number of nitrogens with zero attached hydrogens (tertiary/aromatic N) is 1. The second-order valence-electron chi connectivity index (χ2n) is 7.19. The summed E-state index contributed by atoms with van der Waals surface area (Å²) in [6.07, 6.45) is 6.51. The number of carboxylic acid groups (broad SMARTS) is 1. The first-order valence-corrected chi connectivity index (χ1v) is 11.4. The number of aliphatic carboxylic acids is 1. The van der Waals surface area contributed by atoms with E-state index >= 15 is 0 Å². The number of rotatable bonds is 12. The minimum Gasteiger partial charge on any atom is -0.493 e. The Labute approximate surface area is 192 Å². The smallest absolute Gasteiger partial charge is 0.310 e. The first-order chi connectivity index (χ1) is 15.0. The molecule has 0 heterocycles. The van der Waals surface area contributed by atoms with Gasteiger partial charge in [0.05, 0.1) is 31.8 Å². The highest BCUT2D eigenvalue weighted by Crippen LogP contribution is 2.30. The van der Waals surface area contributed by atoms with Crippen molar-refractivity contribution in [2.45, 2.75) is 38.0 Å². The molecule has 0 saturated carbocycles. The summed E-state index contributed by atoms with van der Waals surface area (Å²) in [6.45, 7) is 0. The van der Waals surface area contributed by atoms with Gasteiger partial charge in [0.15, 0.2) is 11.5 Å². The van der Waals surface area contributed by atoms with E-state index in [1.165, 1.54) is 0 Å². The summed E-state index contributed by atoms with van der Waals surface area (Å²) in [5.74, 6) is -0.133. The largest absolute Gasteiger partial charge is 0.493 e. The Hall–Kier alpha value is -2.78. The summed E-state index contributed by atoms with van der Waals surface area (Å²) in [6, 6.07) is 14.9. The number of unbranched alkanes of at least 4 members (excludes halogenated alkanes) is 3. The molecule has 2 aromatic rings. The van der Waals surface area contributed by atoms with Crippen molar-refractivity contribution in [1.29, 1.82) is 5.26 Å². The highest BCUT2D eigenvalue weighted by Gasteiger charge is 2.19. The predicted octanol–water partition coefficient (Wildman–Crippen LogP) is 6.28. The van der Waals surface area contributed by atoms with Crippen LogP contribution in [0, 0.1) is 11.3 Å². The van der Waals surface area contributed by atoms with Gasteiger partial charge < -0.3 is 14.6 Å². The van der Waals surface area contributed by atoms with Gasteiger partial charge in [-0.25, -0.2) is 0 Å². The van der Waals surface area contributed by atoms with Gasteiger partial charge in [-0.05, 0) is 47.7 Å². The van der Waals surface area contributed by atoms with Crippen LogP contribution in [0.2, 0.25) is 0 Å². The fourth-order valence-electron chi connectivity index (χ4n) is 3.41. The monoisotopic (exact) mass is 485 g/mol. The van der Waals surface area contributed by atoms with Gasteiger partial charge in [0, 0.05) is 5.33 Å². The molecule has 0 aromatic heterocycles. The summed E-state index contributed by atoms with van der Waals surface area (Å²) in [4.78, 5) is 11.8. The van der Waals surface area contributed by atoms with Crippen LogP contribution in [0.25, 0.3) is 11.6 Å². The Morgan fingerprint density at radius 2 is 1.74 bits per heavy atom. The average molecular weight is 486 g/mol. The third kappa shape index (κ3) is 7.15. The summed E-state index contributed by atoms with van der Waals surface area (Å²) in [5.41, 5.74) is 2.80. The molecule has 1 unspecified atom stereocenters. The Morgan fingerprint density at radius 1 is 1.06 bits per heavy atom. The molecular formula is C25H28BrNO4.